The Morgan fingerprint density at radius 1 is 1.25 bits per heavy atom. The third-order valence-corrected chi connectivity index (χ3v) is 4.85. The molecule has 1 heterocycles. The number of para-hydroxylation sites is 1. The van der Waals surface area contributed by atoms with E-state index in [0.717, 1.165) is 18.1 Å². The summed E-state index contributed by atoms with van der Waals surface area (Å²) in [5.74, 6) is 1.86. The molecule has 0 unspecified atom stereocenters. The zero-order chi connectivity index (χ0) is 13.3. The first-order valence-electron chi connectivity index (χ1n) is 7.61. The lowest BCUT2D eigenvalue weighted by Gasteiger charge is -2.41. The second-order valence-electron chi connectivity index (χ2n) is 6.49. The van der Waals surface area contributed by atoms with Crippen LogP contribution in [0.3, 0.4) is 0 Å². The monoisotopic (exact) mass is 295 g/mol. The van der Waals surface area contributed by atoms with Gasteiger partial charge in [0.05, 0.1) is 0 Å². The largest absolute Gasteiger partial charge is 0.486 e. The van der Waals surface area contributed by atoms with Crippen molar-refractivity contribution >= 4 is 12.4 Å². The molecule has 2 aliphatic rings. The van der Waals surface area contributed by atoms with Crippen LogP contribution in [-0.4, -0.2) is 31.1 Å². The topological polar surface area (TPSA) is 12.5 Å². The molecule has 1 aromatic carbocycles. The summed E-state index contributed by atoms with van der Waals surface area (Å²) in [6, 6.07) is 8.61. The quantitative estimate of drug-likeness (QED) is 0.838. The Kier molecular flexibility index (Phi) is 4.98. The first-order valence-corrected chi connectivity index (χ1v) is 7.61. The molecule has 1 spiro atoms. The molecule has 1 saturated carbocycles. The van der Waals surface area contributed by atoms with E-state index in [-0.39, 0.29) is 18.0 Å². The minimum absolute atomic E-state index is 0. The lowest BCUT2D eigenvalue weighted by molar-refractivity contribution is -0.0111. The van der Waals surface area contributed by atoms with Crippen LogP contribution in [0.15, 0.2) is 24.3 Å². The van der Waals surface area contributed by atoms with Gasteiger partial charge >= 0.3 is 0 Å². The van der Waals surface area contributed by atoms with Gasteiger partial charge in [0.1, 0.15) is 11.4 Å². The third-order valence-electron chi connectivity index (χ3n) is 4.85. The van der Waals surface area contributed by atoms with Crippen LogP contribution in [0.2, 0.25) is 0 Å². The van der Waals surface area contributed by atoms with Gasteiger partial charge in [-0.3, -0.25) is 0 Å². The average Bonchev–Trinajstić information content (AvgIpc) is 2.76. The van der Waals surface area contributed by atoms with Crippen LogP contribution >= 0.6 is 12.4 Å². The maximum absolute atomic E-state index is 6.46. The van der Waals surface area contributed by atoms with Crippen LogP contribution in [0.1, 0.15) is 37.7 Å². The summed E-state index contributed by atoms with van der Waals surface area (Å²) in [6.45, 7) is 1.17. The van der Waals surface area contributed by atoms with Gasteiger partial charge in [-0.15, -0.1) is 12.4 Å². The molecule has 0 amide bonds. The predicted octanol–water partition coefficient (Wildman–Crippen LogP) is 3.92. The van der Waals surface area contributed by atoms with E-state index in [1.165, 1.54) is 44.2 Å². The average molecular weight is 296 g/mol. The van der Waals surface area contributed by atoms with Gasteiger partial charge in [0.2, 0.25) is 0 Å². The molecule has 1 fully saturated rings. The fraction of sp³-hybridized carbons (Fsp3) is 0.647. The highest BCUT2D eigenvalue weighted by molar-refractivity contribution is 5.85. The van der Waals surface area contributed by atoms with Gasteiger partial charge in [0.15, 0.2) is 0 Å². The Labute approximate surface area is 128 Å². The first kappa shape index (κ1) is 15.7. The van der Waals surface area contributed by atoms with Gasteiger partial charge in [-0.2, -0.15) is 0 Å². The zero-order valence-corrected chi connectivity index (χ0v) is 13.4. The predicted molar refractivity (Wildman–Crippen MR) is 85.9 cm³/mol. The number of hydrogen-bond donors (Lipinski definition) is 0. The third kappa shape index (κ3) is 2.96. The van der Waals surface area contributed by atoms with Gasteiger partial charge in [-0.1, -0.05) is 24.6 Å². The molecule has 0 N–H and O–H groups in total. The summed E-state index contributed by atoms with van der Waals surface area (Å²) < 4.78 is 6.46. The summed E-state index contributed by atoms with van der Waals surface area (Å²) in [5.41, 5.74) is 1.53. The fourth-order valence-corrected chi connectivity index (χ4v) is 3.80. The summed E-state index contributed by atoms with van der Waals surface area (Å²) in [4.78, 5) is 2.30. The molecule has 1 aliphatic heterocycles. The van der Waals surface area contributed by atoms with Crippen molar-refractivity contribution in [2.75, 3.05) is 20.6 Å². The number of fused-ring (bicyclic) bond motifs is 1. The van der Waals surface area contributed by atoms with E-state index in [1.807, 2.05) is 0 Å². The highest BCUT2D eigenvalue weighted by atomic mass is 35.5. The van der Waals surface area contributed by atoms with E-state index in [4.69, 9.17) is 4.74 Å². The van der Waals surface area contributed by atoms with Crippen LogP contribution in [0, 0.1) is 5.92 Å². The smallest absolute Gasteiger partial charge is 0.123 e. The van der Waals surface area contributed by atoms with E-state index < -0.39 is 0 Å². The number of nitrogens with zero attached hydrogens (tertiary/aromatic N) is 1. The van der Waals surface area contributed by atoms with E-state index in [2.05, 4.69) is 43.3 Å². The Bertz CT molecular complexity index is 421. The molecule has 0 bridgehead atoms. The molecule has 1 aliphatic carbocycles. The second kappa shape index (κ2) is 6.36. The van der Waals surface area contributed by atoms with Crippen molar-refractivity contribution < 1.29 is 4.74 Å². The second-order valence-corrected chi connectivity index (χ2v) is 6.49. The lowest BCUT2D eigenvalue weighted by Crippen LogP contribution is -2.46. The van der Waals surface area contributed by atoms with Gasteiger partial charge in [-0.05, 0) is 58.0 Å². The zero-order valence-electron chi connectivity index (χ0n) is 12.6. The Morgan fingerprint density at radius 2 is 2.05 bits per heavy atom. The van der Waals surface area contributed by atoms with Gasteiger partial charge in [-0.25, -0.2) is 0 Å². The molecule has 20 heavy (non-hydrogen) atoms. The van der Waals surface area contributed by atoms with Crippen LogP contribution in [0.5, 0.6) is 5.75 Å². The van der Waals surface area contributed by atoms with E-state index >= 15 is 0 Å². The molecule has 3 heteroatoms. The molecule has 112 valence electrons. The number of ether oxygens (including phenoxy) is 1. The minimum atomic E-state index is 0. The molecule has 1 aromatic rings. The Morgan fingerprint density at radius 3 is 2.80 bits per heavy atom. The molecular formula is C17H26ClNO. The highest BCUT2D eigenvalue weighted by Crippen LogP contribution is 2.47. The normalized spacial score (nSPS) is 28.1. The SMILES string of the molecule is CN(C)CC[C@H]1CCCC[C@]12Cc1ccccc1O2.Cl. The van der Waals surface area contributed by atoms with Crippen molar-refractivity contribution in [3.8, 4) is 5.75 Å². The fourth-order valence-electron chi connectivity index (χ4n) is 3.80. The summed E-state index contributed by atoms with van der Waals surface area (Å²) in [7, 11) is 4.33. The minimum Gasteiger partial charge on any atom is -0.486 e. The maximum Gasteiger partial charge on any atom is 0.123 e. The van der Waals surface area contributed by atoms with Crippen molar-refractivity contribution in [3.63, 3.8) is 0 Å². The number of rotatable bonds is 3. The summed E-state index contributed by atoms with van der Waals surface area (Å²) in [5, 5.41) is 0. The van der Waals surface area contributed by atoms with Crippen LogP contribution in [0.25, 0.3) is 0 Å². The van der Waals surface area contributed by atoms with Crippen molar-refractivity contribution in [1.82, 2.24) is 4.90 Å². The maximum atomic E-state index is 6.46. The van der Waals surface area contributed by atoms with Crippen molar-refractivity contribution in [2.24, 2.45) is 5.92 Å². The molecular weight excluding hydrogens is 270 g/mol. The molecule has 3 rings (SSSR count). The lowest BCUT2D eigenvalue weighted by atomic mass is 9.71. The van der Waals surface area contributed by atoms with Crippen LogP contribution in [-0.2, 0) is 6.42 Å². The van der Waals surface area contributed by atoms with Crippen LogP contribution in [0.4, 0.5) is 0 Å². The number of hydrogen-bond acceptors (Lipinski definition) is 2. The van der Waals surface area contributed by atoms with E-state index in [9.17, 15) is 0 Å². The number of halogens is 1. The molecule has 0 aromatic heterocycles. The first-order chi connectivity index (χ1) is 9.20. The molecule has 2 atom stereocenters. The Balaban J connectivity index is 0.00000147. The number of benzene rings is 1. The highest BCUT2D eigenvalue weighted by Gasteiger charge is 2.46. The van der Waals surface area contributed by atoms with Crippen molar-refractivity contribution in [2.45, 2.75) is 44.1 Å². The van der Waals surface area contributed by atoms with E-state index in [0.29, 0.717) is 0 Å². The van der Waals surface area contributed by atoms with Gasteiger partial charge in [0, 0.05) is 12.3 Å². The van der Waals surface area contributed by atoms with E-state index in [1.54, 1.807) is 0 Å². The Hall–Kier alpha value is -0.730. The van der Waals surface area contributed by atoms with Crippen LogP contribution < -0.4 is 4.74 Å². The summed E-state index contributed by atoms with van der Waals surface area (Å²) >= 11 is 0. The standard InChI is InChI=1S/C17H25NO.ClH/c1-18(2)12-10-15-8-5-6-11-17(15)13-14-7-3-4-9-16(14)19-17;/h3-4,7,9,15H,5-6,8,10-13H2,1-2H3;1H/t15-,17+;/m1./s1. The van der Waals surface area contributed by atoms with Gasteiger partial charge in [0.25, 0.3) is 0 Å². The molecule has 2 nitrogen and oxygen atoms in total. The van der Waals surface area contributed by atoms with Crippen molar-refractivity contribution in [1.29, 1.82) is 0 Å². The van der Waals surface area contributed by atoms with Gasteiger partial charge < -0.3 is 9.64 Å². The van der Waals surface area contributed by atoms with Crippen molar-refractivity contribution in [3.05, 3.63) is 29.8 Å². The summed E-state index contributed by atoms with van der Waals surface area (Å²) in [6.07, 6.45) is 7.66. The molecule has 0 saturated heterocycles. The molecule has 0 radical (unpaired) electrons.